The first-order valence-corrected chi connectivity index (χ1v) is 11.0. The molecule has 30 heavy (non-hydrogen) atoms. The van der Waals surface area contributed by atoms with E-state index in [-0.39, 0.29) is 30.1 Å². The Kier molecular flexibility index (Phi) is 6.95. The summed E-state index contributed by atoms with van der Waals surface area (Å²) >= 11 is 0. The third-order valence-electron chi connectivity index (χ3n) is 6.08. The van der Waals surface area contributed by atoms with Gasteiger partial charge in [0.15, 0.2) is 0 Å². The Morgan fingerprint density at radius 3 is 2.67 bits per heavy atom. The van der Waals surface area contributed by atoms with E-state index in [4.69, 9.17) is 0 Å². The van der Waals surface area contributed by atoms with E-state index in [1.54, 1.807) is 4.90 Å². The lowest BCUT2D eigenvalue weighted by Crippen LogP contribution is -2.36. The van der Waals surface area contributed by atoms with Crippen LogP contribution in [-0.4, -0.2) is 34.7 Å². The highest BCUT2D eigenvalue weighted by Crippen LogP contribution is 2.33. The van der Waals surface area contributed by atoms with E-state index in [2.05, 4.69) is 43.3 Å². The molecule has 2 amide bonds. The lowest BCUT2D eigenvalue weighted by Gasteiger charge is -2.23. The summed E-state index contributed by atoms with van der Waals surface area (Å²) < 4.78 is 1.98. The molecule has 1 N–H and O–H groups in total. The van der Waals surface area contributed by atoms with Gasteiger partial charge < -0.3 is 10.2 Å². The summed E-state index contributed by atoms with van der Waals surface area (Å²) in [5.41, 5.74) is 4.26. The fourth-order valence-corrected chi connectivity index (χ4v) is 4.12. The topological polar surface area (TPSA) is 67.2 Å². The van der Waals surface area contributed by atoms with Crippen LogP contribution in [-0.2, 0) is 16.1 Å². The molecule has 1 aliphatic rings. The molecule has 2 aromatic rings. The Labute approximate surface area is 179 Å². The summed E-state index contributed by atoms with van der Waals surface area (Å²) in [6.07, 6.45) is 1.28. The molecule has 6 nitrogen and oxygen atoms in total. The van der Waals surface area contributed by atoms with Crippen LogP contribution < -0.4 is 10.2 Å². The molecule has 0 bridgehead atoms. The third kappa shape index (κ3) is 4.91. The summed E-state index contributed by atoms with van der Waals surface area (Å²) in [4.78, 5) is 27.3. The number of amides is 2. The van der Waals surface area contributed by atoms with Gasteiger partial charge in [-0.2, -0.15) is 5.10 Å². The zero-order valence-corrected chi connectivity index (χ0v) is 18.8. The fraction of sp³-hybridized carbons (Fsp3) is 0.542. The molecule has 1 fully saturated rings. The number of nitrogens with one attached hydrogen (secondary N) is 1. The Morgan fingerprint density at radius 1 is 1.27 bits per heavy atom. The number of rotatable bonds is 8. The van der Waals surface area contributed by atoms with Gasteiger partial charge in [0.05, 0.1) is 11.6 Å². The molecule has 3 rings (SSSR count). The van der Waals surface area contributed by atoms with Crippen molar-refractivity contribution in [3.8, 4) is 0 Å². The van der Waals surface area contributed by atoms with Gasteiger partial charge in [0, 0.05) is 37.4 Å². The number of aromatic nitrogens is 2. The van der Waals surface area contributed by atoms with Crippen molar-refractivity contribution in [1.29, 1.82) is 0 Å². The first-order chi connectivity index (χ1) is 14.3. The SMILES string of the molecule is CC[C@H](C)c1ccccc1N1C[C@H](C(=O)NC[C@H](C)Cn2nc(C)cc2C)CC1=O. The van der Waals surface area contributed by atoms with Crippen LogP contribution in [0.2, 0.25) is 0 Å². The lowest BCUT2D eigenvalue weighted by molar-refractivity contribution is -0.126. The molecular formula is C24H34N4O2. The van der Waals surface area contributed by atoms with Gasteiger partial charge >= 0.3 is 0 Å². The summed E-state index contributed by atoms with van der Waals surface area (Å²) in [6.45, 7) is 12.2. The molecule has 6 heteroatoms. The fourth-order valence-electron chi connectivity index (χ4n) is 4.12. The second kappa shape index (κ2) is 9.45. The molecule has 1 aromatic heterocycles. The molecule has 0 saturated carbocycles. The van der Waals surface area contributed by atoms with Crippen molar-refractivity contribution in [2.24, 2.45) is 11.8 Å². The van der Waals surface area contributed by atoms with Crippen LogP contribution >= 0.6 is 0 Å². The van der Waals surface area contributed by atoms with E-state index in [9.17, 15) is 9.59 Å². The summed E-state index contributed by atoms with van der Waals surface area (Å²) in [5, 5.41) is 7.54. The van der Waals surface area contributed by atoms with E-state index in [1.165, 1.54) is 5.56 Å². The van der Waals surface area contributed by atoms with Crippen LogP contribution in [0.1, 0.15) is 56.5 Å². The Balaban J connectivity index is 1.58. The Hall–Kier alpha value is -2.63. The molecule has 1 aliphatic heterocycles. The third-order valence-corrected chi connectivity index (χ3v) is 6.08. The summed E-state index contributed by atoms with van der Waals surface area (Å²) in [7, 11) is 0. The van der Waals surface area contributed by atoms with Crippen LogP contribution in [0.5, 0.6) is 0 Å². The molecule has 0 spiro atoms. The average molecular weight is 411 g/mol. The predicted molar refractivity (Wildman–Crippen MR) is 119 cm³/mol. The molecule has 1 saturated heterocycles. The minimum Gasteiger partial charge on any atom is -0.355 e. The van der Waals surface area contributed by atoms with Gasteiger partial charge in [-0.15, -0.1) is 0 Å². The minimum atomic E-state index is -0.302. The van der Waals surface area contributed by atoms with E-state index in [0.29, 0.717) is 19.0 Å². The smallest absolute Gasteiger partial charge is 0.227 e. The second-order valence-electron chi connectivity index (χ2n) is 8.73. The van der Waals surface area contributed by atoms with E-state index < -0.39 is 0 Å². The van der Waals surface area contributed by atoms with Crippen LogP contribution in [0.25, 0.3) is 0 Å². The molecular weight excluding hydrogens is 376 g/mol. The molecule has 3 atom stereocenters. The maximum Gasteiger partial charge on any atom is 0.227 e. The van der Waals surface area contributed by atoms with Gasteiger partial charge in [-0.3, -0.25) is 14.3 Å². The highest BCUT2D eigenvalue weighted by atomic mass is 16.2. The lowest BCUT2D eigenvalue weighted by atomic mass is 9.96. The number of carbonyl (C=O) groups excluding carboxylic acids is 2. The first-order valence-electron chi connectivity index (χ1n) is 11.0. The maximum atomic E-state index is 12.8. The molecule has 0 radical (unpaired) electrons. The average Bonchev–Trinajstić information content (AvgIpc) is 3.26. The minimum absolute atomic E-state index is 0.0293. The van der Waals surface area contributed by atoms with Gasteiger partial charge in [0.1, 0.15) is 0 Å². The van der Waals surface area contributed by atoms with Crippen molar-refractivity contribution in [3.05, 3.63) is 47.3 Å². The van der Waals surface area contributed by atoms with Gasteiger partial charge in [-0.25, -0.2) is 0 Å². The predicted octanol–water partition coefficient (Wildman–Crippen LogP) is 3.82. The molecule has 0 unspecified atom stereocenters. The van der Waals surface area contributed by atoms with Crippen LogP contribution in [0.4, 0.5) is 5.69 Å². The normalized spacial score (nSPS) is 18.5. The quantitative estimate of drug-likeness (QED) is 0.719. The monoisotopic (exact) mass is 410 g/mol. The number of aryl methyl sites for hydroxylation is 2. The summed E-state index contributed by atoms with van der Waals surface area (Å²) in [5.74, 6) is 0.320. The second-order valence-corrected chi connectivity index (χ2v) is 8.73. The maximum absolute atomic E-state index is 12.8. The highest BCUT2D eigenvalue weighted by molar-refractivity contribution is 6.00. The Morgan fingerprint density at radius 2 is 2.00 bits per heavy atom. The largest absolute Gasteiger partial charge is 0.355 e. The first kappa shape index (κ1) is 22.1. The van der Waals surface area contributed by atoms with Crippen molar-refractivity contribution in [3.63, 3.8) is 0 Å². The number of nitrogens with zero attached hydrogens (tertiary/aromatic N) is 3. The Bertz CT molecular complexity index is 904. The summed E-state index contributed by atoms with van der Waals surface area (Å²) in [6, 6.07) is 10.1. The van der Waals surface area contributed by atoms with Crippen molar-refractivity contribution in [2.45, 2.75) is 59.9 Å². The van der Waals surface area contributed by atoms with Gasteiger partial charge in [-0.05, 0) is 49.8 Å². The van der Waals surface area contributed by atoms with Gasteiger partial charge in [-0.1, -0.05) is 39.0 Å². The van der Waals surface area contributed by atoms with Crippen LogP contribution in [0.3, 0.4) is 0 Å². The molecule has 0 aliphatic carbocycles. The number of carbonyl (C=O) groups is 2. The molecule has 1 aromatic carbocycles. The molecule has 2 heterocycles. The zero-order chi connectivity index (χ0) is 21.8. The van der Waals surface area contributed by atoms with Crippen molar-refractivity contribution >= 4 is 17.5 Å². The highest BCUT2D eigenvalue weighted by Gasteiger charge is 2.36. The number of hydrogen-bond acceptors (Lipinski definition) is 3. The van der Waals surface area contributed by atoms with Crippen molar-refractivity contribution in [2.75, 3.05) is 18.0 Å². The van der Waals surface area contributed by atoms with E-state index in [1.807, 2.05) is 36.7 Å². The van der Waals surface area contributed by atoms with Crippen molar-refractivity contribution < 1.29 is 9.59 Å². The number of hydrogen-bond donors (Lipinski definition) is 1. The van der Waals surface area contributed by atoms with Gasteiger partial charge in [0.25, 0.3) is 0 Å². The van der Waals surface area contributed by atoms with Crippen molar-refractivity contribution in [1.82, 2.24) is 15.1 Å². The zero-order valence-electron chi connectivity index (χ0n) is 18.8. The standard InChI is InChI=1S/C24H34N4O2/c1-6-17(3)21-9-7-8-10-22(21)27-15-20(12-23(27)29)24(30)25-13-16(2)14-28-19(5)11-18(4)26-28/h7-11,16-17,20H,6,12-15H2,1-5H3,(H,25,30)/t16-,17-,20+/m0/s1. The molecule has 162 valence electrons. The van der Waals surface area contributed by atoms with E-state index >= 15 is 0 Å². The van der Waals surface area contributed by atoms with Crippen LogP contribution in [0, 0.1) is 25.7 Å². The van der Waals surface area contributed by atoms with Crippen LogP contribution in [0.15, 0.2) is 30.3 Å². The van der Waals surface area contributed by atoms with Gasteiger partial charge in [0.2, 0.25) is 11.8 Å². The van der Waals surface area contributed by atoms with E-state index in [0.717, 1.165) is 30.0 Å². The number of para-hydroxylation sites is 1. The number of benzene rings is 1. The number of anilines is 1.